The molecule has 27 heavy (non-hydrogen) atoms. The Hall–Kier alpha value is -1.85. The minimum absolute atomic E-state index is 0.00660. The second kappa shape index (κ2) is 9.38. The Morgan fingerprint density at radius 3 is 2.44 bits per heavy atom. The van der Waals surface area contributed by atoms with Crippen molar-refractivity contribution in [1.29, 1.82) is 0 Å². The fraction of sp³-hybridized carbons (Fsp3) is 0.524. The highest BCUT2D eigenvalue weighted by molar-refractivity contribution is 6.30. The second-order valence-electron chi connectivity index (χ2n) is 7.46. The van der Waals surface area contributed by atoms with E-state index in [1.807, 2.05) is 38.1 Å². The number of carbonyl (C=O) groups excluding carboxylic acids is 2. The molecule has 148 valence electrons. The van der Waals surface area contributed by atoms with Gasteiger partial charge in [-0.25, -0.2) is 0 Å². The first-order chi connectivity index (χ1) is 12.7. The molecule has 2 unspecified atom stereocenters. The first kappa shape index (κ1) is 21.5. The van der Waals surface area contributed by atoms with E-state index >= 15 is 0 Å². The van der Waals surface area contributed by atoms with Crippen molar-refractivity contribution in [1.82, 2.24) is 10.2 Å². The van der Waals surface area contributed by atoms with Crippen LogP contribution in [0.5, 0.6) is 0 Å². The molecule has 0 bridgehead atoms. The topological polar surface area (TPSA) is 58.6 Å². The lowest BCUT2D eigenvalue weighted by molar-refractivity contribution is -0.144. The van der Waals surface area contributed by atoms with Crippen molar-refractivity contribution in [2.24, 2.45) is 5.92 Å². The molecule has 5 nitrogen and oxygen atoms in total. The highest BCUT2D eigenvalue weighted by Crippen LogP contribution is 2.25. The van der Waals surface area contributed by atoms with Crippen LogP contribution in [0.4, 0.5) is 0 Å². The summed E-state index contributed by atoms with van der Waals surface area (Å²) in [5.74, 6) is 0.0323. The van der Waals surface area contributed by atoms with Crippen LogP contribution in [-0.2, 0) is 20.7 Å². The van der Waals surface area contributed by atoms with Crippen LogP contribution in [-0.4, -0.2) is 42.6 Å². The number of nitrogens with one attached hydrogen (secondary N) is 1. The molecule has 1 heterocycles. The van der Waals surface area contributed by atoms with E-state index in [-0.39, 0.29) is 18.0 Å². The Labute approximate surface area is 166 Å². The van der Waals surface area contributed by atoms with Gasteiger partial charge >= 0.3 is 5.97 Å². The summed E-state index contributed by atoms with van der Waals surface area (Å²) in [7, 11) is 1.39. The molecule has 0 saturated heterocycles. The number of methoxy groups -OCH3 is 1. The summed E-state index contributed by atoms with van der Waals surface area (Å²) in [4.78, 5) is 26.7. The Morgan fingerprint density at radius 2 is 1.89 bits per heavy atom. The van der Waals surface area contributed by atoms with Crippen molar-refractivity contribution in [2.75, 3.05) is 13.7 Å². The fourth-order valence-corrected chi connectivity index (χ4v) is 3.45. The lowest BCUT2D eigenvalue weighted by Crippen LogP contribution is -2.52. The molecule has 1 amide bonds. The minimum Gasteiger partial charge on any atom is -0.468 e. The Bertz CT molecular complexity index is 713. The van der Waals surface area contributed by atoms with Crippen LogP contribution in [0.1, 0.15) is 39.7 Å². The lowest BCUT2D eigenvalue weighted by Gasteiger charge is -2.31. The SMILES string of the molecule is COC(=O)C(CC(C)C)NC1C(C)=C(C)C(=O)N1CCc1ccc(Cl)cc1. The maximum absolute atomic E-state index is 12.7. The number of ether oxygens (including phenoxy) is 1. The number of carbonyl (C=O) groups is 2. The maximum Gasteiger partial charge on any atom is 0.322 e. The number of nitrogens with zero attached hydrogens (tertiary/aromatic N) is 1. The lowest BCUT2D eigenvalue weighted by atomic mass is 10.0. The summed E-state index contributed by atoms with van der Waals surface area (Å²) in [6.07, 6.45) is 1.07. The molecular formula is C21H29ClN2O3. The zero-order chi connectivity index (χ0) is 20.1. The van der Waals surface area contributed by atoms with E-state index in [9.17, 15) is 9.59 Å². The molecule has 1 aliphatic rings. The Kier molecular flexibility index (Phi) is 7.45. The number of amides is 1. The van der Waals surface area contributed by atoms with Crippen LogP contribution < -0.4 is 5.32 Å². The van der Waals surface area contributed by atoms with Gasteiger partial charge in [0.05, 0.1) is 7.11 Å². The molecular weight excluding hydrogens is 364 g/mol. The van der Waals surface area contributed by atoms with Crippen molar-refractivity contribution >= 4 is 23.5 Å². The summed E-state index contributed by atoms with van der Waals surface area (Å²) in [6.45, 7) is 8.46. The van der Waals surface area contributed by atoms with Gasteiger partial charge in [0.1, 0.15) is 12.2 Å². The molecule has 0 aliphatic carbocycles. The quantitative estimate of drug-likeness (QED) is 0.687. The number of esters is 1. The van der Waals surface area contributed by atoms with Crippen LogP contribution in [0.2, 0.25) is 5.02 Å². The molecule has 0 saturated carbocycles. The predicted octanol–water partition coefficient (Wildman–Crippen LogP) is 3.56. The van der Waals surface area contributed by atoms with Gasteiger partial charge in [-0.15, -0.1) is 0 Å². The van der Waals surface area contributed by atoms with Gasteiger partial charge in [-0.3, -0.25) is 14.9 Å². The molecule has 0 fully saturated rings. The largest absolute Gasteiger partial charge is 0.468 e. The predicted molar refractivity (Wildman–Crippen MR) is 107 cm³/mol. The molecule has 0 radical (unpaired) electrons. The van der Waals surface area contributed by atoms with Gasteiger partial charge < -0.3 is 9.64 Å². The first-order valence-corrected chi connectivity index (χ1v) is 9.69. The zero-order valence-corrected chi connectivity index (χ0v) is 17.5. The highest BCUT2D eigenvalue weighted by atomic mass is 35.5. The molecule has 1 aromatic rings. The summed E-state index contributed by atoms with van der Waals surface area (Å²) in [6, 6.07) is 7.18. The van der Waals surface area contributed by atoms with Crippen molar-refractivity contribution in [3.05, 3.63) is 46.0 Å². The third-order valence-corrected chi connectivity index (χ3v) is 5.25. The fourth-order valence-electron chi connectivity index (χ4n) is 3.32. The Morgan fingerprint density at radius 1 is 1.26 bits per heavy atom. The third kappa shape index (κ3) is 5.33. The molecule has 2 atom stereocenters. The van der Waals surface area contributed by atoms with Crippen molar-refractivity contribution in [3.63, 3.8) is 0 Å². The summed E-state index contributed by atoms with van der Waals surface area (Å²) < 4.78 is 4.95. The first-order valence-electron chi connectivity index (χ1n) is 9.31. The molecule has 0 aromatic heterocycles. The van der Waals surface area contributed by atoms with E-state index < -0.39 is 6.04 Å². The van der Waals surface area contributed by atoms with Gasteiger partial charge in [0.2, 0.25) is 0 Å². The average molecular weight is 393 g/mol. The van der Waals surface area contributed by atoms with Gasteiger partial charge in [-0.2, -0.15) is 0 Å². The van der Waals surface area contributed by atoms with Gasteiger partial charge in [0, 0.05) is 17.1 Å². The molecule has 2 rings (SSSR count). The van der Waals surface area contributed by atoms with Gasteiger partial charge in [0.15, 0.2) is 0 Å². The molecule has 6 heteroatoms. The number of halogens is 1. The van der Waals surface area contributed by atoms with Gasteiger partial charge in [0.25, 0.3) is 5.91 Å². The molecule has 1 aromatic carbocycles. The third-order valence-electron chi connectivity index (χ3n) is 5.00. The molecule has 1 N–H and O–H groups in total. The minimum atomic E-state index is -0.452. The van der Waals surface area contributed by atoms with E-state index in [1.54, 1.807) is 4.90 Å². The number of hydrogen-bond acceptors (Lipinski definition) is 4. The van der Waals surface area contributed by atoms with Gasteiger partial charge in [-0.1, -0.05) is 37.6 Å². The van der Waals surface area contributed by atoms with Crippen LogP contribution in [0.15, 0.2) is 35.4 Å². The number of benzene rings is 1. The standard InChI is InChI=1S/C21H29ClN2O3/c1-13(2)12-18(21(26)27-5)23-19-14(3)15(4)20(25)24(19)11-10-16-6-8-17(22)9-7-16/h6-9,13,18-19,23H,10-12H2,1-5H3. The normalized spacial score (nSPS) is 18.4. The number of hydrogen-bond donors (Lipinski definition) is 1. The molecule has 0 spiro atoms. The van der Waals surface area contributed by atoms with Crippen LogP contribution in [0, 0.1) is 5.92 Å². The van der Waals surface area contributed by atoms with Crippen molar-refractivity contribution in [3.8, 4) is 0 Å². The van der Waals surface area contributed by atoms with Crippen LogP contribution in [0.3, 0.4) is 0 Å². The zero-order valence-electron chi connectivity index (χ0n) is 16.7. The number of rotatable bonds is 8. The smallest absolute Gasteiger partial charge is 0.322 e. The Balaban J connectivity index is 2.15. The summed E-state index contributed by atoms with van der Waals surface area (Å²) >= 11 is 5.94. The average Bonchev–Trinajstić information content (AvgIpc) is 2.83. The molecule has 1 aliphatic heterocycles. The maximum atomic E-state index is 12.7. The van der Waals surface area contributed by atoms with E-state index in [4.69, 9.17) is 16.3 Å². The van der Waals surface area contributed by atoms with Crippen LogP contribution >= 0.6 is 11.6 Å². The summed E-state index contributed by atoms with van der Waals surface area (Å²) in [5, 5.41) is 4.05. The highest BCUT2D eigenvalue weighted by Gasteiger charge is 2.37. The van der Waals surface area contributed by atoms with E-state index in [2.05, 4.69) is 19.2 Å². The van der Waals surface area contributed by atoms with Crippen molar-refractivity contribution < 1.29 is 14.3 Å². The van der Waals surface area contributed by atoms with E-state index in [0.29, 0.717) is 30.3 Å². The second-order valence-corrected chi connectivity index (χ2v) is 7.89. The van der Waals surface area contributed by atoms with Crippen molar-refractivity contribution in [2.45, 2.75) is 52.7 Å². The van der Waals surface area contributed by atoms with E-state index in [1.165, 1.54) is 7.11 Å². The van der Waals surface area contributed by atoms with Gasteiger partial charge in [-0.05, 0) is 55.9 Å². The van der Waals surface area contributed by atoms with Crippen LogP contribution in [0.25, 0.3) is 0 Å². The monoisotopic (exact) mass is 392 g/mol. The summed E-state index contributed by atoms with van der Waals surface area (Å²) in [5.41, 5.74) is 2.80. The van der Waals surface area contributed by atoms with E-state index in [0.717, 1.165) is 16.7 Å².